The number of hydrogen-bond acceptors (Lipinski definition) is 4. The van der Waals surface area contributed by atoms with Crippen LogP contribution < -0.4 is 0 Å². The highest BCUT2D eigenvalue weighted by molar-refractivity contribution is 7.09. The van der Waals surface area contributed by atoms with Gasteiger partial charge in [0, 0.05) is 11.9 Å². The quantitative estimate of drug-likeness (QED) is 0.927. The highest BCUT2D eigenvalue weighted by Gasteiger charge is 2.34. The summed E-state index contributed by atoms with van der Waals surface area (Å²) >= 11 is 1.01. The largest absolute Gasteiger partial charge is 0.434 e. The lowest BCUT2D eigenvalue weighted by molar-refractivity contribution is -0.140. The Balaban J connectivity index is 1.91. The number of aliphatic hydroxyl groups is 1. The van der Waals surface area contributed by atoms with Crippen molar-refractivity contribution in [2.75, 3.05) is 13.6 Å². The van der Waals surface area contributed by atoms with Gasteiger partial charge in [-0.25, -0.2) is 4.98 Å². The summed E-state index contributed by atoms with van der Waals surface area (Å²) < 4.78 is 37.4. The monoisotopic (exact) mass is 308 g/mol. The molecule has 1 aromatic rings. The molecule has 0 bridgehead atoms. The Labute approximate surface area is 120 Å². The molecule has 2 rings (SSSR count). The number of hydrogen-bond donors (Lipinski definition) is 1. The van der Waals surface area contributed by atoms with Crippen LogP contribution in [0, 0.1) is 0 Å². The van der Waals surface area contributed by atoms with Crippen LogP contribution >= 0.6 is 11.3 Å². The summed E-state index contributed by atoms with van der Waals surface area (Å²) in [7, 11) is 1.81. The maximum absolute atomic E-state index is 12.5. The van der Waals surface area contributed by atoms with E-state index in [1.54, 1.807) is 7.05 Å². The fourth-order valence-electron chi connectivity index (χ4n) is 2.67. The Kier molecular flexibility index (Phi) is 4.71. The molecule has 0 atom stereocenters. The second kappa shape index (κ2) is 5.99. The maximum Gasteiger partial charge on any atom is 0.434 e. The highest BCUT2D eigenvalue weighted by Crippen LogP contribution is 2.31. The fraction of sp³-hybridized carbons (Fsp3) is 0.769. The molecule has 0 aliphatic heterocycles. The van der Waals surface area contributed by atoms with E-state index in [9.17, 15) is 18.3 Å². The fourth-order valence-corrected chi connectivity index (χ4v) is 3.55. The average molecular weight is 308 g/mol. The van der Waals surface area contributed by atoms with E-state index in [2.05, 4.69) is 4.98 Å². The Bertz CT molecular complexity index is 441. The minimum atomic E-state index is -4.38. The van der Waals surface area contributed by atoms with Crippen LogP contribution in [0.2, 0.25) is 0 Å². The molecule has 1 aromatic heterocycles. The van der Waals surface area contributed by atoms with Crippen molar-refractivity contribution in [1.29, 1.82) is 0 Å². The summed E-state index contributed by atoms with van der Waals surface area (Å²) in [6, 6.07) is 0. The lowest BCUT2D eigenvalue weighted by Gasteiger charge is -2.35. The zero-order valence-electron chi connectivity index (χ0n) is 11.4. The molecule has 0 amide bonds. The minimum absolute atomic E-state index is 0.336. The van der Waals surface area contributed by atoms with Crippen LogP contribution in [0.5, 0.6) is 0 Å². The van der Waals surface area contributed by atoms with Crippen molar-refractivity contribution in [2.24, 2.45) is 0 Å². The van der Waals surface area contributed by atoms with E-state index in [4.69, 9.17) is 0 Å². The summed E-state index contributed by atoms with van der Waals surface area (Å²) in [5, 5.41) is 11.9. The van der Waals surface area contributed by atoms with Gasteiger partial charge in [-0.2, -0.15) is 13.2 Å². The zero-order chi connectivity index (χ0) is 14.8. The van der Waals surface area contributed by atoms with Gasteiger partial charge in [-0.1, -0.05) is 19.3 Å². The minimum Gasteiger partial charge on any atom is -0.389 e. The number of rotatable bonds is 4. The summed E-state index contributed by atoms with van der Waals surface area (Å²) in [6.45, 7) is 0.816. The lowest BCUT2D eigenvalue weighted by Crippen LogP contribution is -2.42. The summed E-state index contributed by atoms with van der Waals surface area (Å²) in [6.07, 6.45) is 0.327. The van der Waals surface area contributed by atoms with Gasteiger partial charge < -0.3 is 5.11 Å². The molecule has 1 N–H and O–H groups in total. The molecule has 3 nitrogen and oxygen atoms in total. The van der Waals surface area contributed by atoms with Crippen LogP contribution in [0.25, 0.3) is 0 Å². The third-order valence-electron chi connectivity index (χ3n) is 3.60. The summed E-state index contributed by atoms with van der Waals surface area (Å²) in [4.78, 5) is 5.46. The molecule has 0 radical (unpaired) electrons. The second-order valence-electron chi connectivity index (χ2n) is 5.58. The first-order chi connectivity index (χ1) is 9.28. The topological polar surface area (TPSA) is 36.4 Å². The van der Waals surface area contributed by atoms with Gasteiger partial charge in [0.2, 0.25) is 0 Å². The van der Waals surface area contributed by atoms with Gasteiger partial charge in [0.05, 0.1) is 12.1 Å². The van der Waals surface area contributed by atoms with E-state index in [1.165, 1.54) is 0 Å². The van der Waals surface area contributed by atoms with Gasteiger partial charge in [-0.05, 0) is 19.9 Å². The number of alkyl halides is 3. The van der Waals surface area contributed by atoms with Crippen molar-refractivity contribution in [3.63, 3.8) is 0 Å². The standard InChI is InChI=1S/C13H19F3N2OS/c1-18(9-12(19)5-3-2-4-6-12)7-11-17-10(8-20-11)13(14,15)16/h8,19H,2-7,9H2,1H3. The maximum atomic E-state index is 12.5. The predicted molar refractivity (Wildman–Crippen MR) is 71.5 cm³/mol. The molecule has 0 unspecified atom stereocenters. The van der Waals surface area contributed by atoms with Crippen LogP contribution in [-0.4, -0.2) is 34.2 Å². The van der Waals surface area contributed by atoms with Crippen LogP contribution in [-0.2, 0) is 12.7 Å². The zero-order valence-corrected chi connectivity index (χ0v) is 12.2. The molecule has 1 aliphatic rings. The van der Waals surface area contributed by atoms with E-state index in [0.717, 1.165) is 48.8 Å². The van der Waals surface area contributed by atoms with Crippen LogP contribution in [0.3, 0.4) is 0 Å². The molecule has 0 saturated heterocycles. The molecule has 20 heavy (non-hydrogen) atoms. The van der Waals surface area contributed by atoms with Crippen LogP contribution in [0.4, 0.5) is 13.2 Å². The third-order valence-corrected chi connectivity index (χ3v) is 4.43. The summed E-state index contributed by atoms with van der Waals surface area (Å²) in [5.74, 6) is 0. The number of halogens is 3. The Morgan fingerprint density at radius 1 is 1.35 bits per heavy atom. The Morgan fingerprint density at radius 2 is 2.00 bits per heavy atom. The highest BCUT2D eigenvalue weighted by atomic mass is 32.1. The molecule has 0 spiro atoms. The molecule has 1 heterocycles. The molecule has 7 heteroatoms. The van der Waals surface area contributed by atoms with E-state index < -0.39 is 17.5 Å². The lowest BCUT2D eigenvalue weighted by atomic mass is 9.84. The van der Waals surface area contributed by atoms with Gasteiger partial charge in [0.25, 0.3) is 0 Å². The molecular weight excluding hydrogens is 289 g/mol. The molecular formula is C13H19F3N2OS. The van der Waals surface area contributed by atoms with Gasteiger partial charge >= 0.3 is 6.18 Å². The van der Waals surface area contributed by atoms with E-state index in [-0.39, 0.29) is 0 Å². The van der Waals surface area contributed by atoms with Gasteiger partial charge in [0.15, 0.2) is 5.69 Å². The third kappa shape index (κ3) is 4.17. The number of thiazole rings is 1. The first-order valence-electron chi connectivity index (χ1n) is 6.71. The molecule has 1 fully saturated rings. The van der Waals surface area contributed by atoms with Crippen LogP contribution in [0.1, 0.15) is 42.8 Å². The van der Waals surface area contributed by atoms with Crippen molar-refractivity contribution in [3.05, 3.63) is 16.1 Å². The summed E-state index contributed by atoms with van der Waals surface area (Å²) in [5.41, 5.74) is -1.53. The van der Waals surface area contributed by atoms with Gasteiger partial charge in [0.1, 0.15) is 5.01 Å². The SMILES string of the molecule is CN(Cc1nc(C(F)(F)F)cs1)CC1(O)CCCCC1. The number of likely N-dealkylation sites (N-methyl/N-ethyl adjacent to an activating group) is 1. The first-order valence-corrected chi connectivity index (χ1v) is 7.59. The van der Waals surface area contributed by atoms with Crippen LogP contribution in [0.15, 0.2) is 5.38 Å². The molecule has 1 aliphatic carbocycles. The van der Waals surface area contributed by atoms with Crippen molar-refractivity contribution < 1.29 is 18.3 Å². The van der Waals surface area contributed by atoms with Crippen molar-refractivity contribution in [2.45, 2.75) is 50.4 Å². The second-order valence-corrected chi connectivity index (χ2v) is 6.52. The van der Waals surface area contributed by atoms with Crippen molar-refractivity contribution in [1.82, 2.24) is 9.88 Å². The van der Waals surface area contributed by atoms with E-state index in [1.807, 2.05) is 4.90 Å². The van der Waals surface area contributed by atoms with Crippen molar-refractivity contribution >= 4 is 11.3 Å². The molecule has 0 aromatic carbocycles. The van der Waals surface area contributed by atoms with E-state index in [0.29, 0.717) is 18.1 Å². The average Bonchev–Trinajstić information content (AvgIpc) is 2.77. The predicted octanol–water partition coefficient (Wildman–Crippen LogP) is 3.29. The smallest absolute Gasteiger partial charge is 0.389 e. The number of nitrogens with zero attached hydrogens (tertiary/aromatic N) is 2. The first kappa shape index (κ1) is 15.7. The van der Waals surface area contributed by atoms with E-state index >= 15 is 0 Å². The molecule has 1 saturated carbocycles. The number of aromatic nitrogens is 1. The Morgan fingerprint density at radius 3 is 2.55 bits per heavy atom. The van der Waals surface area contributed by atoms with Gasteiger partial charge in [-0.3, -0.25) is 4.90 Å². The van der Waals surface area contributed by atoms with Gasteiger partial charge in [-0.15, -0.1) is 11.3 Å². The van der Waals surface area contributed by atoms with Crippen molar-refractivity contribution in [3.8, 4) is 0 Å². The normalized spacial score (nSPS) is 19.5. The Hall–Kier alpha value is -0.660. The molecule has 114 valence electrons.